The van der Waals surface area contributed by atoms with Crippen LogP contribution in [0.15, 0.2) is 29.4 Å². The normalized spacial score (nSPS) is 36.9. The van der Waals surface area contributed by atoms with Crippen LogP contribution in [0.5, 0.6) is 0 Å². The standard InChI is InChI=1S/C21H22FN3OS/c22-16-3-1-15(2-4-16)17-8-18(26)25-20(27-17)23-19(24-25)21-9-12-5-13(10-21)7-14(6-12)11-21/h1-4,12-14,17H,5-11H2/t12?,13?,14?,17-,21?/m0/s1. The second-order valence-electron chi connectivity index (χ2n) is 9.08. The van der Waals surface area contributed by atoms with E-state index in [-0.39, 0.29) is 22.4 Å². The fourth-order valence-corrected chi connectivity index (χ4v) is 7.58. The van der Waals surface area contributed by atoms with Crippen LogP contribution >= 0.6 is 11.8 Å². The van der Waals surface area contributed by atoms with E-state index in [0.717, 1.165) is 29.1 Å². The molecule has 5 aliphatic rings. The minimum Gasteiger partial charge on any atom is -0.272 e. The summed E-state index contributed by atoms with van der Waals surface area (Å²) in [6.07, 6.45) is 8.12. The van der Waals surface area contributed by atoms with Gasteiger partial charge in [0.15, 0.2) is 11.0 Å². The molecule has 0 unspecified atom stereocenters. The number of thioether (sulfide) groups is 1. The lowest BCUT2D eigenvalue weighted by atomic mass is 9.49. The Balaban J connectivity index is 1.34. The maximum absolute atomic E-state index is 13.2. The molecule has 0 N–H and O–H groups in total. The van der Waals surface area contributed by atoms with Crippen molar-refractivity contribution in [1.29, 1.82) is 0 Å². The lowest BCUT2D eigenvalue weighted by Gasteiger charge is -2.55. The highest BCUT2D eigenvalue weighted by Crippen LogP contribution is 2.60. The smallest absolute Gasteiger partial charge is 0.250 e. The van der Waals surface area contributed by atoms with E-state index in [1.807, 2.05) is 0 Å². The summed E-state index contributed by atoms with van der Waals surface area (Å²) in [5.74, 6) is 3.14. The number of hydrogen-bond donors (Lipinski definition) is 0. The molecule has 0 saturated heterocycles. The van der Waals surface area contributed by atoms with Crippen LogP contribution in [0.25, 0.3) is 0 Å². The van der Waals surface area contributed by atoms with Gasteiger partial charge in [-0.3, -0.25) is 4.79 Å². The molecule has 1 aliphatic heterocycles. The molecule has 4 nitrogen and oxygen atoms in total. The zero-order valence-electron chi connectivity index (χ0n) is 15.1. The molecule has 0 spiro atoms. The van der Waals surface area contributed by atoms with Crippen LogP contribution in [0.3, 0.4) is 0 Å². The quantitative estimate of drug-likeness (QED) is 0.750. The Morgan fingerprint density at radius 1 is 1.04 bits per heavy atom. The van der Waals surface area contributed by atoms with Gasteiger partial charge in [-0.15, -0.1) is 5.10 Å². The molecule has 6 heteroatoms. The van der Waals surface area contributed by atoms with Crippen molar-refractivity contribution < 1.29 is 9.18 Å². The minimum atomic E-state index is -0.252. The summed E-state index contributed by atoms with van der Waals surface area (Å²) >= 11 is 1.59. The van der Waals surface area contributed by atoms with Crippen molar-refractivity contribution in [3.05, 3.63) is 41.5 Å². The topological polar surface area (TPSA) is 47.8 Å². The van der Waals surface area contributed by atoms with Crippen molar-refractivity contribution in [3.8, 4) is 0 Å². The number of nitrogens with zero attached hydrogens (tertiary/aromatic N) is 3. The van der Waals surface area contributed by atoms with Gasteiger partial charge in [-0.05, 0) is 74.0 Å². The number of rotatable bonds is 2. The average Bonchev–Trinajstić information content (AvgIpc) is 3.07. The van der Waals surface area contributed by atoms with Crippen LogP contribution in [-0.2, 0) is 5.41 Å². The van der Waals surface area contributed by atoms with E-state index in [1.54, 1.807) is 28.6 Å². The molecule has 7 rings (SSSR count). The maximum atomic E-state index is 13.2. The number of hydrogen-bond acceptors (Lipinski definition) is 4. The van der Waals surface area contributed by atoms with E-state index in [9.17, 15) is 9.18 Å². The van der Waals surface area contributed by atoms with Crippen molar-refractivity contribution >= 4 is 17.7 Å². The predicted molar refractivity (Wildman–Crippen MR) is 100 cm³/mol. The third-order valence-electron chi connectivity index (χ3n) is 7.18. The molecule has 1 aromatic carbocycles. The highest BCUT2D eigenvalue weighted by Gasteiger charge is 2.54. The predicted octanol–water partition coefficient (Wildman–Crippen LogP) is 4.76. The van der Waals surface area contributed by atoms with Gasteiger partial charge in [0.25, 0.3) is 5.91 Å². The van der Waals surface area contributed by atoms with Gasteiger partial charge in [0, 0.05) is 17.1 Å². The van der Waals surface area contributed by atoms with E-state index >= 15 is 0 Å². The second-order valence-corrected chi connectivity index (χ2v) is 10.3. The van der Waals surface area contributed by atoms with Crippen molar-refractivity contribution in [2.45, 2.75) is 60.8 Å². The Morgan fingerprint density at radius 3 is 2.30 bits per heavy atom. The largest absolute Gasteiger partial charge is 0.272 e. The molecule has 4 saturated carbocycles. The summed E-state index contributed by atoms with van der Waals surface area (Å²) in [6, 6.07) is 6.46. The molecule has 0 amide bonds. The number of benzene rings is 1. The van der Waals surface area contributed by atoms with Gasteiger partial charge in [-0.2, -0.15) is 4.68 Å². The first-order valence-corrected chi connectivity index (χ1v) is 10.9. The fraction of sp³-hybridized carbons (Fsp3) is 0.571. The van der Waals surface area contributed by atoms with Crippen LogP contribution in [0.2, 0.25) is 0 Å². The van der Waals surface area contributed by atoms with Crippen LogP contribution < -0.4 is 0 Å². The van der Waals surface area contributed by atoms with Gasteiger partial charge in [-0.25, -0.2) is 9.37 Å². The van der Waals surface area contributed by atoms with Gasteiger partial charge < -0.3 is 0 Å². The third kappa shape index (κ3) is 2.52. The number of halogens is 1. The van der Waals surface area contributed by atoms with Crippen molar-refractivity contribution in [2.24, 2.45) is 17.8 Å². The summed E-state index contributed by atoms with van der Waals surface area (Å²) in [7, 11) is 0. The minimum absolute atomic E-state index is 0.00144. The monoisotopic (exact) mass is 383 g/mol. The van der Waals surface area contributed by atoms with E-state index in [0.29, 0.717) is 11.6 Å². The van der Waals surface area contributed by atoms with Crippen molar-refractivity contribution in [3.63, 3.8) is 0 Å². The number of carbonyl (C=O) groups is 1. The van der Waals surface area contributed by atoms with Gasteiger partial charge in [0.2, 0.25) is 0 Å². The van der Waals surface area contributed by atoms with Crippen LogP contribution in [0, 0.1) is 23.6 Å². The molecule has 27 heavy (non-hydrogen) atoms. The molecular formula is C21H22FN3OS. The van der Waals surface area contributed by atoms with Gasteiger partial charge in [-0.1, -0.05) is 23.9 Å². The first-order valence-electron chi connectivity index (χ1n) is 10.0. The Morgan fingerprint density at radius 2 is 1.67 bits per heavy atom. The number of carbonyl (C=O) groups excluding carboxylic acids is 1. The van der Waals surface area contributed by atoms with Crippen LogP contribution in [0.4, 0.5) is 4.39 Å². The Labute approximate surface area is 161 Å². The molecule has 4 fully saturated rings. The highest BCUT2D eigenvalue weighted by atomic mass is 32.2. The zero-order valence-corrected chi connectivity index (χ0v) is 15.9. The van der Waals surface area contributed by atoms with Crippen LogP contribution in [-0.4, -0.2) is 20.7 Å². The maximum Gasteiger partial charge on any atom is 0.250 e. The summed E-state index contributed by atoms with van der Waals surface area (Å²) in [5, 5.41) is 5.44. The molecule has 1 atom stereocenters. The van der Waals surface area contributed by atoms with Gasteiger partial charge >= 0.3 is 0 Å². The van der Waals surface area contributed by atoms with Crippen LogP contribution in [0.1, 0.15) is 66.4 Å². The molecule has 2 aromatic rings. The summed E-state index contributed by atoms with van der Waals surface area (Å²) < 4.78 is 14.8. The first-order chi connectivity index (χ1) is 13.1. The van der Waals surface area contributed by atoms with Gasteiger partial charge in [0.05, 0.1) is 0 Å². The van der Waals surface area contributed by atoms with E-state index in [2.05, 4.69) is 0 Å². The second kappa shape index (κ2) is 5.66. The molecule has 4 bridgehead atoms. The summed E-state index contributed by atoms with van der Waals surface area (Å²) in [5.41, 5.74) is 1.08. The zero-order chi connectivity index (χ0) is 18.2. The Bertz CT molecular complexity index is 887. The molecule has 140 valence electrons. The molecular weight excluding hydrogens is 361 g/mol. The average molecular weight is 383 g/mol. The molecule has 4 aliphatic carbocycles. The summed E-state index contributed by atoms with van der Waals surface area (Å²) in [4.78, 5) is 17.7. The number of fused-ring (bicyclic) bond motifs is 1. The highest BCUT2D eigenvalue weighted by molar-refractivity contribution is 7.99. The molecule has 1 aromatic heterocycles. The van der Waals surface area contributed by atoms with E-state index in [1.165, 1.54) is 50.7 Å². The van der Waals surface area contributed by atoms with E-state index < -0.39 is 0 Å². The summed E-state index contributed by atoms with van der Waals surface area (Å²) in [6.45, 7) is 0. The molecule has 2 heterocycles. The van der Waals surface area contributed by atoms with Gasteiger partial charge in [0.1, 0.15) is 5.82 Å². The molecule has 0 radical (unpaired) electrons. The first kappa shape index (κ1) is 16.3. The van der Waals surface area contributed by atoms with E-state index in [4.69, 9.17) is 10.1 Å². The SMILES string of the molecule is O=C1C[C@@H](c2ccc(F)cc2)Sc2nc(C34CC5CC(CC(C5)C3)C4)nn21. The Kier molecular flexibility index (Phi) is 3.41. The lowest BCUT2D eigenvalue weighted by molar-refractivity contribution is -0.00944. The fourth-order valence-electron chi connectivity index (χ4n) is 6.42. The third-order valence-corrected chi connectivity index (χ3v) is 8.37. The van der Waals surface area contributed by atoms with Crippen molar-refractivity contribution in [1.82, 2.24) is 14.8 Å². The van der Waals surface area contributed by atoms with Crippen molar-refractivity contribution in [2.75, 3.05) is 0 Å². The Hall–Kier alpha value is -1.69. The lowest BCUT2D eigenvalue weighted by Crippen LogP contribution is -2.49. The number of aromatic nitrogens is 3.